The summed E-state index contributed by atoms with van der Waals surface area (Å²) < 4.78 is 19.8. The van der Waals surface area contributed by atoms with Gasteiger partial charge in [0.2, 0.25) is 0 Å². The molecular formula is C20H12BrFN2O2. The summed E-state index contributed by atoms with van der Waals surface area (Å²) >= 11 is 3.23. The van der Waals surface area contributed by atoms with E-state index in [2.05, 4.69) is 26.2 Å². The Balaban J connectivity index is 1.71. The van der Waals surface area contributed by atoms with Crippen LogP contribution >= 0.6 is 15.9 Å². The standard InChI is InChI=1S/C20H12BrFN2O2/c21-15-6-3-7-16(22)17(15)24-20(25)18-19(26-11-23-18)14-9-8-12-4-1-2-5-13(12)10-14/h1-11H,(H,24,25). The number of carbonyl (C=O) groups excluding carboxylic acids is 1. The maximum Gasteiger partial charge on any atom is 0.278 e. The third kappa shape index (κ3) is 2.99. The first-order valence-electron chi connectivity index (χ1n) is 7.81. The summed E-state index contributed by atoms with van der Waals surface area (Å²) in [6.07, 6.45) is 1.20. The Kier molecular flexibility index (Phi) is 4.26. The quantitative estimate of drug-likeness (QED) is 0.474. The SMILES string of the molecule is O=C(Nc1c(F)cccc1Br)c1ncoc1-c1ccc2ccccc2c1. The Bertz CT molecular complexity index is 1100. The smallest absolute Gasteiger partial charge is 0.278 e. The molecule has 0 saturated carbocycles. The molecule has 0 fully saturated rings. The van der Waals surface area contributed by atoms with Gasteiger partial charge in [0.25, 0.3) is 5.91 Å². The number of amides is 1. The zero-order valence-corrected chi connectivity index (χ0v) is 15.0. The molecule has 26 heavy (non-hydrogen) atoms. The fourth-order valence-corrected chi connectivity index (χ4v) is 3.17. The number of halogens is 2. The Morgan fingerprint density at radius 3 is 2.65 bits per heavy atom. The fourth-order valence-electron chi connectivity index (χ4n) is 2.73. The maximum atomic E-state index is 14.0. The average Bonchev–Trinajstić information content (AvgIpc) is 3.14. The number of benzene rings is 3. The third-order valence-electron chi connectivity index (χ3n) is 4.00. The lowest BCUT2D eigenvalue weighted by Gasteiger charge is -2.08. The molecule has 0 aliphatic heterocycles. The predicted molar refractivity (Wildman–Crippen MR) is 101 cm³/mol. The van der Waals surface area contributed by atoms with Crippen LogP contribution in [0.15, 0.2) is 75.9 Å². The summed E-state index contributed by atoms with van der Waals surface area (Å²) in [7, 11) is 0. The summed E-state index contributed by atoms with van der Waals surface area (Å²) in [5.74, 6) is -0.753. The van der Waals surface area contributed by atoms with Crippen molar-refractivity contribution in [2.75, 3.05) is 5.32 Å². The van der Waals surface area contributed by atoms with Crippen LogP contribution in [0.5, 0.6) is 0 Å². The van der Waals surface area contributed by atoms with Gasteiger partial charge in [-0.05, 0) is 44.9 Å². The molecule has 0 aliphatic rings. The van der Waals surface area contributed by atoms with Gasteiger partial charge in [-0.1, -0.05) is 42.5 Å². The highest BCUT2D eigenvalue weighted by Gasteiger charge is 2.20. The van der Waals surface area contributed by atoms with E-state index in [1.165, 1.54) is 12.5 Å². The van der Waals surface area contributed by atoms with Crippen molar-refractivity contribution in [3.05, 3.63) is 83.0 Å². The van der Waals surface area contributed by atoms with Crippen molar-refractivity contribution in [1.29, 1.82) is 0 Å². The first kappa shape index (κ1) is 16.5. The topological polar surface area (TPSA) is 55.1 Å². The van der Waals surface area contributed by atoms with Gasteiger partial charge in [0.15, 0.2) is 17.8 Å². The molecule has 6 heteroatoms. The van der Waals surface area contributed by atoms with E-state index in [1.807, 2.05) is 42.5 Å². The van der Waals surface area contributed by atoms with E-state index >= 15 is 0 Å². The van der Waals surface area contributed by atoms with Crippen molar-refractivity contribution in [3.63, 3.8) is 0 Å². The van der Waals surface area contributed by atoms with Gasteiger partial charge in [-0.3, -0.25) is 4.79 Å². The third-order valence-corrected chi connectivity index (χ3v) is 4.66. The summed E-state index contributed by atoms with van der Waals surface area (Å²) in [6.45, 7) is 0. The minimum absolute atomic E-state index is 0.0601. The lowest BCUT2D eigenvalue weighted by molar-refractivity contribution is 0.102. The zero-order valence-electron chi connectivity index (χ0n) is 13.4. The molecule has 4 rings (SSSR count). The zero-order chi connectivity index (χ0) is 18.1. The Hall–Kier alpha value is -2.99. The van der Waals surface area contributed by atoms with Gasteiger partial charge in [-0.15, -0.1) is 0 Å². The number of hydrogen-bond acceptors (Lipinski definition) is 3. The van der Waals surface area contributed by atoms with Gasteiger partial charge >= 0.3 is 0 Å². The molecule has 1 N–H and O–H groups in total. The summed E-state index contributed by atoms with van der Waals surface area (Å²) in [5.41, 5.74) is 0.874. The van der Waals surface area contributed by atoms with E-state index in [1.54, 1.807) is 12.1 Å². The monoisotopic (exact) mass is 410 g/mol. The molecule has 1 amide bonds. The number of nitrogens with one attached hydrogen (secondary N) is 1. The summed E-state index contributed by atoms with van der Waals surface area (Å²) in [4.78, 5) is 16.6. The lowest BCUT2D eigenvalue weighted by Crippen LogP contribution is -2.14. The number of nitrogens with zero attached hydrogens (tertiary/aromatic N) is 1. The molecule has 3 aromatic carbocycles. The Morgan fingerprint density at radius 2 is 1.85 bits per heavy atom. The van der Waals surface area contributed by atoms with E-state index in [0.29, 0.717) is 10.2 Å². The number of oxazole rings is 1. The van der Waals surface area contributed by atoms with Crippen molar-refractivity contribution in [2.45, 2.75) is 0 Å². The van der Waals surface area contributed by atoms with Crippen LogP contribution in [0.4, 0.5) is 10.1 Å². The molecule has 1 aromatic heterocycles. The van der Waals surface area contributed by atoms with Gasteiger partial charge in [0, 0.05) is 10.0 Å². The average molecular weight is 411 g/mol. The van der Waals surface area contributed by atoms with E-state index in [-0.39, 0.29) is 11.4 Å². The Morgan fingerprint density at radius 1 is 1.04 bits per heavy atom. The second-order valence-corrected chi connectivity index (χ2v) is 6.50. The van der Waals surface area contributed by atoms with Crippen molar-refractivity contribution < 1.29 is 13.6 Å². The highest BCUT2D eigenvalue weighted by atomic mass is 79.9. The van der Waals surface area contributed by atoms with Gasteiger partial charge in [0.05, 0.1) is 5.69 Å². The fraction of sp³-hybridized carbons (Fsp3) is 0. The second kappa shape index (κ2) is 6.72. The van der Waals surface area contributed by atoms with Crippen LogP contribution in [0.2, 0.25) is 0 Å². The highest BCUT2D eigenvalue weighted by Crippen LogP contribution is 2.29. The van der Waals surface area contributed by atoms with Crippen molar-refractivity contribution >= 4 is 38.3 Å². The molecule has 0 unspecified atom stereocenters. The minimum Gasteiger partial charge on any atom is -0.443 e. The summed E-state index contributed by atoms with van der Waals surface area (Å²) in [6, 6.07) is 18.1. The molecule has 0 saturated heterocycles. The number of fused-ring (bicyclic) bond motifs is 1. The van der Waals surface area contributed by atoms with Gasteiger partial charge < -0.3 is 9.73 Å². The second-order valence-electron chi connectivity index (χ2n) is 5.64. The molecule has 0 atom stereocenters. The van der Waals surface area contributed by atoms with Crippen LogP contribution in [-0.2, 0) is 0 Å². The normalized spacial score (nSPS) is 10.8. The number of para-hydroxylation sites is 1. The number of rotatable bonds is 3. The Labute approximate surface area is 156 Å². The molecule has 0 radical (unpaired) electrons. The lowest BCUT2D eigenvalue weighted by atomic mass is 10.0. The van der Waals surface area contributed by atoms with Crippen LogP contribution in [0.3, 0.4) is 0 Å². The van der Waals surface area contributed by atoms with Crippen LogP contribution in [0, 0.1) is 5.82 Å². The van der Waals surface area contributed by atoms with Crippen molar-refractivity contribution in [2.24, 2.45) is 0 Å². The van der Waals surface area contributed by atoms with E-state index in [9.17, 15) is 9.18 Å². The van der Waals surface area contributed by atoms with Crippen LogP contribution in [0.1, 0.15) is 10.5 Å². The van der Waals surface area contributed by atoms with E-state index in [4.69, 9.17) is 4.42 Å². The molecule has 4 aromatic rings. The molecule has 0 spiro atoms. The molecule has 128 valence electrons. The van der Waals surface area contributed by atoms with Gasteiger partial charge in [-0.25, -0.2) is 9.37 Å². The first-order valence-corrected chi connectivity index (χ1v) is 8.61. The molecule has 1 heterocycles. The predicted octanol–water partition coefficient (Wildman–Crippen LogP) is 5.65. The molecule has 0 aliphatic carbocycles. The summed E-state index contributed by atoms with van der Waals surface area (Å²) in [5, 5.41) is 4.64. The van der Waals surface area contributed by atoms with Gasteiger partial charge in [0.1, 0.15) is 5.82 Å². The minimum atomic E-state index is -0.548. The van der Waals surface area contributed by atoms with Crippen LogP contribution in [-0.4, -0.2) is 10.9 Å². The molecule has 4 nitrogen and oxygen atoms in total. The molecule has 0 bridgehead atoms. The van der Waals surface area contributed by atoms with E-state index < -0.39 is 11.7 Å². The first-order chi connectivity index (χ1) is 12.6. The number of carbonyl (C=O) groups is 1. The number of anilines is 1. The largest absolute Gasteiger partial charge is 0.443 e. The van der Waals surface area contributed by atoms with Crippen LogP contribution < -0.4 is 5.32 Å². The molecular weight excluding hydrogens is 399 g/mol. The number of aromatic nitrogens is 1. The number of hydrogen-bond donors (Lipinski definition) is 1. The van der Waals surface area contributed by atoms with E-state index in [0.717, 1.165) is 16.3 Å². The van der Waals surface area contributed by atoms with Gasteiger partial charge in [-0.2, -0.15) is 0 Å². The van der Waals surface area contributed by atoms with Crippen LogP contribution in [0.25, 0.3) is 22.1 Å². The highest BCUT2D eigenvalue weighted by molar-refractivity contribution is 9.10. The maximum absolute atomic E-state index is 14.0. The van der Waals surface area contributed by atoms with Crippen molar-refractivity contribution in [1.82, 2.24) is 4.98 Å². The van der Waals surface area contributed by atoms with Crippen molar-refractivity contribution in [3.8, 4) is 11.3 Å².